The van der Waals surface area contributed by atoms with E-state index in [0.717, 1.165) is 4.57 Å². The number of hydrogen-bond donors (Lipinski definition) is 1. The van der Waals surface area contributed by atoms with E-state index >= 15 is 0 Å². The van der Waals surface area contributed by atoms with Gasteiger partial charge in [-0.15, -0.1) is 0 Å². The Balaban J connectivity index is 2.04. The van der Waals surface area contributed by atoms with Crippen LogP contribution in [0.2, 0.25) is 0 Å². The highest BCUT2D eigenvalue weighted by Crippen LogP contribution is 2.34. The van der Waals surface area contributed by atoms with Gasteiger partial charge in [0.2, 0.25) is 5.82 Å². The van der Waals surface area contributed by atoms with Crippen LogP contribution in [0.3, 0.4) is 0 Å². The first-order valence-corrected chi connectivity index (χ1v) is 7.88. The molecule has 0 unspecified atom stereocenters. The molecule has 1 N–H and O–H groups in total. The second-order valence-electron chi connectivity index (χ2n) is 6.14. The van der Waals surface area contributed by atoms with Crippen molar-refractivity contribution in [3.63, 3.8) is 0 Å². The van der Waals surface area contributed by atoms with Crippen LogP contribution in [0.25, 0.3) is 11.0 Å². The zero-order valence-electron chi connectivity index (χ0n) is 13.5. The zero-order chi connectivity index (χ0) is 17.5. The Morgan fingerprint density at radius 3 is 2.50 bits per heavy atom. The number of halogens is 3. The summed E-state index contributed by atoms with van der Waals surface area (Å²) in [6, 6.07) is 4.19. The van der Waals surface area contributed by atoms with Crippen molar-refractivity contribution >= 4 is 16.9 Å². The molecule has 0 saturated carbocycles. The number of piperazine rings is 1. The molecule has 1 fully saturated rings. The van der Waals surface area contributed by atoms with E-state index in [1.807, 2.05) is 0 Å². The van der Waals surface area contributed by atoms with Crippen LogP contribution in [0.4, 0.5) is 13.2 Å². The maximum atomic E-state index is 13.2. The summed E-state index contributed by atoms with van der Waals surface area (Å²) >= 11 is 0. The number of fused-ring (bicyclic) bond motifs is 1. The molecule has 130 valence electrons. The number of hydrogen-bond acceptors (Lipinski definition) is 3. The highest BCUT2D eigenvalue weighted by molar-refractivity contribution is 5.97. The summed E-state index contributed by atoms with van der Waals surface area (Å²) in [4.78, 5) is 18.0. The fourth-order valence-electron chi connectivity index (χ4n) is 3.00. The van der Waals surface area contributed by atoms with E-state index in [0.29, 0.717) is 37.3 Å². The molecule has 1 aromatic heterocycles. The monoisotopic (exact) mass is 340 g/mol. The van der Waals surface area contributed by atoms with Crippen molar-refractivity contribution in [3.8, 4) is 0 Å². The Morgan fingerprint density at radius 2 is 1.92 bits per heavy atom. The zero-order valence-corrected chi connectivity index (χ0v) is 13.5. The molecular weight excluding hydrogens is 321 g/mol. The second kappa shape index (κ2) is 6.08. The Hall–Kier alpha value is -2.09. The smallest absolute Gasteiger partial charge is 0.336 e. The van der Waals surface area contributed by atoms with Crippen LogP contribution >= 0.6 is 0 Å². The van der Waals surface area contributed by atoms with Gasteiger partial charge in [0, 0.05) is 37.8 Å². The third kappa shape index (κ3) is 2.98. The number of nitrogens with zero attached hydrogens (tertiary/aromatic N) is 3. The van der Waals surface area contributed by atoms with Gasteiger partial charge in [-0.3, -0.25) is 4.79 Å². The average Bonchev–Trinajstić information content (AvgIpc) is 2.94. The molecule has 8 heteroatoms. The predicted octanol–water partition coefficient (Wildman–Crippen LogP) is 2.68. The second-order valence-corrected chi connectivity index (χ2v) is 6.14. The minimum absolute atomic E-state index is 0.175. The Labute approximate surface area is 137 Å². The first kappa shape index (κ1) is 16.8. The molecule has 1 aromatic carbocycles. The van der Waals surface area contributed by atoms with E-state index in [1.165, 1.54) is 6.07 Å². The van der Waals surface area contributed by atoms with E-state index in [9.17, 15) is 18.0 Å². The highest BCUT2D eigenvalue weighted by atomic mass is 19.4. The van der Waals surface area contributed by atoms with Crippen LogP contribution in [-0.2, 0) is 6.18 Å². The number of benzene rings is 1. The molecule has 1 aliphatic heterocycles. The van der Waals surface area contributed by atoms with Crippen molar-refractivity contribution in [1.29, 1.82) is 0 Å². The standard InChI is InChI=1S/C16H19F3N4O/c1-10(2)23-13-4-3-11(14(24)22-7-5-20-6-8-22)9-12(13)21-15(23)16(17,18)19/h3-4,9-10,20H,5-8H2,1-2H3. The van der Waals surface area contributed by atoms with E-state index < -0.39 is 12.0 Å². The van der Waals surface area contributed by atoms with Gasteiger partial charge in [0.1, 0.15) is 0 Å². The van der Waals surface area contributed by atoms with E-state index in [2.05, 4.69) is 10.3 Å². The molecule has 1 amide bonds. The van der Waals surface area contributed by atoms with Crippen LogP contribution in [0.5, 0.6) is 0 Å². The van der Waals surface area contributed by atoms with Gasteiger partial charge in [-0.25, -0.2) is 4.98 Å². The normalized spacial score (nSPS) is 16.2. The van der Waals surface area contributed by atoms with Crippen LogP contribution in [-0.4, -0.2) is 46.5 Å². The lowest BCUT2D eigenvalue weighted by molar-refractivity contribution is -0.147. The SMILES string of the molecule is CC(C)n1c(C(F)(F)F)nc2cc(C(=O)N3CCNCC3)ccc21. The molecule has 0 aliphatic carbocycles. The first-order valence-electron chi connectivity index (χ1n) is 7.88. The molecule has 5 nitrogen and oxygen atoms in total. The molecule has 2 heterocycles. The lowest BCUT2D eigenvalue weighted by atomic mass is 10.1. The van der Waals surface area contributed by atoms with Gasteiger partial charge >= 0.3 is 6.18 Å². The van der Waals surface area contributed by atoms with E-state index in [1.54, 1.807) is 30.9 Å². The average molecular weight is 340 g/mol. The van der Waals surface area contributed by atoms with Crippen LogP contribution in [0.15, 0.2) is 18.2 Å². The quantitative estimate of drug-likeness (QED) is 0.914. The summed E-state index contributed by atoms with van der Waals surface area (Å²) in [6.07, 6.45) is -4.54. The first-order chi connectivity index (χ1) is 11.3. The summed E-state index contributed by atoms with van der Waals surface area (Å²) in [5.41, 5.74) is 0.942. The Bertz CT molecular complexity index is 761. The molecule has 0 bridgehead atoms. The van der Waals surface area contributed by atoms with Crippen molar-refractivity contribution in [1.82, 2.24) is 19.8 Å². The number of carbonyl (C=O) groups excluding carboxylic acids is 1. The summed E-state index contributed by atoms with van der Waals surface area (Å²) in [5, 5.41) is 3.16. The number of alkyl halides is 3. The molecule has 0 radical (unpaired) electrons. The molecule has 1 saturated heterocycles. The van der Waals surface area contributed by atoms with Crippen LogP contribution < -0.4 is 5.32 Å². The summed E-state index contributed by atoms with van der Waals surface area (Å²) < 4.78 is 40.9. The van der Waals surface area contributed by atoms with E-state index in [-0.39, 0.29) is 17.5 Å². The number of amides is 1. The maximum absolute atomic E-state index is 13.2. The topological polar surface area (TPSA) is 50.2 Å². The molecule has 0 atom stereocenters. The summed E-state index contributed by atoms with van der Waals surface area (Å²) in [5.74, 6) is -1.11. The van der Waals surface area contributed by atoms with Gasteiger partial charge in [0.15, 0.2) is 0 Å². The van der Waals surface area contributed by atoms with Gasteiger partial charge in [-0.1, -0.05) is 0 Å². The molecule has 2 aromatic rings. The third-order valence-corrected chi connectivity index (χ3v) is 4.11. The number of rotatable bonds is 2. The van der Waals surface area contributed by atoms with Crippen molar-refractivity contribution in [2.45, 2.75) is 26.1 Å². The maximum Gasteiger partial charge on any atom is 0.449 e. The van der Waals surface area contributed by atoms with Crippen molar-refractivity contribution in [2.24, 2.45) is 0 Å². The fraction of sp³-hybridized carbons (Fsp3) is 0.500. The van der Waals surface area contributed by atoms with E-state index in [4.69, 9.17) is 0 Å². The lowest BCUT2D eigenvalue weighted by Gasteiger charge is -2.27. The number of imidazole rings is 1. The third-order valence-electron chi connectivity index (χ3n) is 4.11. The summed E-state index contributed by atoms with van der Waals surface area (Å²) in [6.45, 7) is 5.96. The van der Waals surface area contributed by atoms with Gasteiger partial charge < -0.3 is 14.8 Å². The van der Waals surface area contributed by atoms with Gasteiger partial charge in [0.25, 0.3) is 5.91 Å². The Morgan fingerprint density at radius 1 is 1.25 bits per heavy atom. The van der Waals surface area contributed by atoms with Crippen molar-refractivity contribution in [2.75, 3.05) is 26.2 Å². The highest BCUT2D eigenvalue weighted by Gasteiger charge is 2.38. The molecule has 3 rings (SSSR count). The molecular formula is C16H19F3N4O. The van der Waals surface area contributed by atoms with Crippen molar-refractivity contribution in [3.05, 3.63) is 29.6 Å². The number of nitrogens with one attached hydrogen (secondary N) is 1. The van der Waals surface area contributed by atoms with Crippen LogP contribution in [0, 0.1) is 0 Å². The van der Waals surface area contributed by atoms with Gasteiger partial charge in [0.05, 0.1) is 11.0 Å². The molecule has 1 aliphatic rings. The minimum Gasteiger partial charge on any atom is -0.336 e. The number of carbonyl (C=O) groups is 1. The van der Waals surface area contributed by atoms with Crippen LogP contribution in [0.1, 0.15) is 36.1 Å². The van der Waals surface area contributed by atoms with Crippen molar-refractivity contribution < 1.29 is 18.0 Å². The van der Waals surface area contributed by atoms with Gasteiger partial charge in [-0.05, 0) is 32.0 Å². The minimum atomic E-state index is -4.54. The Kier molecular flexibility index (Phi) is 4.25. The summed E-state index contributed by atoms with van der Waals surface area (Å²) in [7, 11) is 0. The molecule has 24 heavy (non-hydrogen) atoms. The van der Waals surface area contributed by atoms with Gasteiger partial charge in [-0.2, -0.15) is 13.2 Å². The molecule has 0 spiro atoms. The largest absolute Gasteiger partial charge is 0.449 e. The number of aromatic nitrogens is 2. The fourth-order valence-corrected chi connectivity index (χ4v) is 3.00. The lowest BCUT2D eigenvalue weighted by Crippen LogP contribution is -2.46. The predicted molar refractivity (Wildman–Crippen MR) is 83.9 cm³/mol.